The van der Waals surface area contributed by atoms with Gasteiger partial charge in [0.1, 0.15) is 17.3 Å². The minimum atomic E-state index is -0.812. The molecule has 2 heterocycles. The molecular formula is C27H26N2O5. The molecule has 0 bridgehead atoms. The molecule has 1 unspecified atom stereocenters. The van der Waals surface area contributed by atoms with Crippen LogP contribution < -0.4 is 14.4 Å². The Morgan fingerprint density at radius 1 is 0.971 bits per heavy atom. The van der Waals surface area contributed by atoms with Gasteiger partial charge in [0.25, 0.3) is 11.7 Å². The van der Waals surface area contributed by atoms with Crippen LogP contribution in [0.1, 0.15) is 36.6 Å². The molecule has 1 fully saturated rings. The number of rotatable bonds is 7. The van der Waals surface area contributed by atoms with Gasteiger partial charge in [-0.1, -0.05) is 0 Å². The van der Waals surface area contributed by atoms with Gasteiger partial charge in [0.15, 0.2) is 0 Å². The van der Waals surface area contributed by atoms with Crippen molar-refractivity contribution in [2.24, 2.45) is 0 Å². The lowest BCUT2D eigenvalue weighted by atomic mass is 9.95. The Bertz CT molecular complexity index is 1240. The average Bonchev–Trinajstić information content (AvgIpc) is 3.12. The van der Waals surface area contributed by atoms with Crippen molar-refractivity contribution >= 4 is 23.1 Å². The lowest BCUT2D eigenvalue weighted by Crippen LogP contribution is -2.29. The summed E-state index contributed by atoms with van der Waals surface area (Å²) in [5, 5.41) is 11.3. The molecule has 1 aliphatic rings. The van der Waals surface area contributed by atoms with Gasteiger partial charge < -0.3 is 14.6 Å². The first-order valence-corrected chi connectivity index (χ1v) is 11.1. The number of carbonyl (C=O) groups is 2. The lowest BCUT2D eigenvalue weighted by molar-refractivity contribution is -0.132. The van der Waals surface area contributed by atoms with Crippen molar-refractivity contribution in [2.45, 2.75) is 26.8 Å². The first-order valence-electron chi connectivity index (χ1n) is 11.1. The quantitative estimate of drug-likeness (QED) is 0.310. The summed E-state index contributed by atoms with van der Waals surface area (Å²) in [4.78, 5) is 31.9. The van der Waals surface area contributed by atoms with E-state index in [1.807, 2.05) is 20.8 Å². The van der Waals surface area contributed by atoms with E-state index in [2.05, 4.69) is 4.98 Å². The van der Waals surface area contributed by atoms with Crippen molar-refractivity contribution in [1.82, 2.24) is 4.98 Å². The van der Waals surface area contributed by atoms with E-state index in [9.17, 15) is 14.7 Å². The van der Waals surface area contributed by atoms with Crippen LogP contribution in [-0.2, 0) is 9.59 Å². The highest BCUT2D eigenvalue weighted by Crippen LogP contribution is 2.42. The Morgan fingerprint density at radius 3 is 2.26 bits per heavy atom. The molecular weight excluding hydrogens is 432 g/mol. The number of anilines is 1. The standard InChI is InChI=1S/C27H26N2O5/c1-4-33-21-9-7-20(8-10-21)29-24(18-12-14-28-15-13-18)23(26(31)27(29)32)25(30)19-6-11-22(34-5-2)17(3)16-19/h6-16,24,30H,4-5H2,1-3H3/b25-23-. The van der Waals surface area contributed by atoms with Crippen LogP contribution in [0.2, 0.25) is 0 Å². The summed E-state index contributed by atoms with van der Waals surface area (Å²) in [6, 6.07) is 14.8. The molecule has 34 heavy (non-hydrogen) atoms. The van der Waals surface area contributed by atoms with E-state index in [1.54, 1.807) is 67.0 Å². The van der Waals surface area contributed by atoms with Crippen LogP contribution in [0.15, 0.2) is 72.6 Å². The van der Waals surface area contributed by atoms with Crippen molar-refractivity contribution in [2.75, 3.05) is 18.1 Å². The molecule has 1 aromatic heterocycles. The minimum absolute atomic E-state index is 0.0219. The van der Waals surface area contributed by atoms with Gasteiger partial charge >= 0.3 is 0 Å². The van der Waals surface area contributed by atoms with Crippen LogP contribution in [0.25, 0.3) is 5.76 Å². The summed E-state index contributed by atoms with van der Waals surface area (Å²) in [6.45, 7) is 6.67. The first-order chi connectivity index (χ1) is 16.5. The number of benzene rings is 2. The minimum Gasteiger partial charge on any atom is -0.507 e. The van der Waals surface area contributed by atoms with Crippen molar-refractivity contribution in [3.63, 3.8) is 0 Å². The summed E-state index contributed by atoms with van der Waals surface area (Å²) in [6.07, 6.45) is 3.18. The number of aliphatic hydroxyl groups excluding tert-OH is 1. The number of amides is 1. The molecule has 174 valence electrons. The predicted molar refractivity (Wildman–Crippen MR) is 129 cm³/mol. The topological polar surface area (TPSA) is 89.0 Å². The van der Waals surface area contributed by atoms with Crippen LogP contribution in [0, 0.1) is 6.92 Å². The number of aromatic nitrogens is 1. The molecule has 0 radical (unpaired) electrons. The van der Waals surface area contributed by atoms with E-state index in [4.69, 9.17) is 9.47 Å². The normalized spacial score (nSPS) is 17.1. The zero-order valence-corrected chi connectivity index (χ0v) is 19.3. The second kappa shape index (κ2) is 9.79. The van der Waals surface area contributed by atoms with Crippen molar-refractivity contribution in [1.29, 1.82) is 0 Å². The molecule has 2 aromatic carbocycles. The monoisotopic (exact) mass is 458 g/mol. The molecule has 1 saturated heterocycles. The smallest absolute Gasteiger partial charge is 0.300 e. The number of Topliss-reactive ketones (excluding diaryl/α,β-unsaturated/α-hetero) is 1. The third-order valence-electron chi connectivity index (χ3n) is 5.64. The van der Waals surface area contributed by atoms with E-state index < -0.39 is 17.7 Å². The van der Waals surface area contributed by atoms with Crippen molar-refractivity contribution < 1.29 is 24.2 Å². The highest BCUT2D eigenvalue weighted by Gasteiger charge is 2.47. The van der Waals surface area contributed by atoms with Crippen molar-refractivity contribution in [3.8, 4) is 11.5 Å². The molecule has 0 spiro atoms. The number of pyridine rings is 1. The number of nitrogens with zero attached hydrogens (tertiary/aromatic N) is 2. The molecule has 0 aliphatic carbocycles. The van der Waals surface area contributed by atoms with Gasteiger partial charge in [0.2, 0.25) is 0 Å². The van der Waals surface area contributed by atoms with Gasteiger partial charge in [-0.15, -0.1) is 0 Å². The summed E-state index contributed by atoms with van der Waals surface area (Å²) < 4.78 is 11.1. The zero-order chi connectivity index (χ0) is 24.2. The molecule has 0 saturated carbocycles. The SMILES string of the molecule is CCOc1ccc(N2C(=O)C(=O)/C(=C(\O)c3ccc(OCC)c(C)c3)C2c2ccncc2)cc1. The molecule has 1 atom stereocenters. The van der Waals surface area contributed by atoms with Crippen LogP contribution in [-0.4, -0.2) is 35.0 Å². The fourth-order valence-corrected chi connectivity index (χ4v) is 4.10. The summed E-state index contributed by atoms with van der Waals surface area (Å²) >= 11 is 0. The fraction of sp³-hybridized carbons (Fsp3) is 0.222. The second-order valence-corrected chi connectivity index (χ2v) is 7.79. The van der Waals surface area contributed by atoms with Gasteiger partial charge in [0.05, 0.1) is 24.8 Å². The third-order valence-corrected chi connectivity index (χ3v) is 5.64. The Labute approximate surface area is 198 Å². The number of hydrogen-bond donors (Lipinski definition) is 1. The number of aryl methyl sites for hydroxylation is 1. The van der Waals surface area contributed by atoms with E-state index in [0.29, 0.717) is 41.5 Å². The molecule has 1 N–H and O–H groups in total. The van der Waals surface area contributed by atoms with Crippen LogP contribution in [0.5, 0.6) is 11.5 Å². The molecule has 1 amide bonds. The lowest BCUT2D eigenvalue weighted by Gasteiger charge is -2.25. The Kier molecular flexibility index (Phi) is 6.63. The van der Waals surface area contributed by atoms with Gasteiger partial charge in [-0.05, 0) is 86.5 Å². The Balaban J connectivity index is 1.85. The van der Waals surface area contributed by atoms with Crippen molar-refractivity contribution in [3.05, 3.63) is 89.3 Å². The Hall–Kier alpha value is -4.13. The number of carbonyl (C=O) groups excluding carboxylic acids is 2. The van der Waals surface area contributed by atoms with E-state index in [1.165, 1.54) is 4.90 Å². The predicted octanol–water partition coefficient (Wildman–Crippen LogP) is 4.81. The van der Waals surface area contributed by atoms with E-state index in [0.717, 1.165) is 5.56 Å². The van der Waals surface area contributed by atoms with Crippen LogP contribution in [0.3, 0.4) is 0 Å². The van der Waals surface area contributed by atoms with Crippen LogP contribution >= 0.6 is 0 Å². The number of hydrogen-bond acceptors (Lipinski definition) is 6. The highest BCUT2D eigenvalue weighted by molar-refractivity contribution is 6.51. The summed E-state index contributed by atoms with van der Waals surface area (Å²) in [5.41, 5.74) is 2.45. The maximum Gasteiger partial charge on any atom is 0.300 e. The van der Waals surface area contributed by atoms with Crippen LogP contribution in [0.4, 0.5) is 5.69 Å². The fourth-order valence-electron chi connectivity index (χ4n) is 4.10. The highest BCUT2D eigenvalue weighted by atomic mass is 16.5. The first kappa shape index (κ1) is 23.0. The van der Waals surface area contributed by atoms with Gasteiger partial charge in [0, 0.05) is 23.6 Å². The molecule has 4 rings (SSSR count). The van der Waals surface area contributed by atoms with Gasteiger partial charge in [-0.3, -0.25) is 19.5 Å². The van der Waals surface area contributed by atoms with E-state index in [-0.39, 0.29) is 11.3 Å². The molecule has 1 aliphatic heterocycles. The summed E-state index contributed by atoms with van der Waals surface area (Å²) in [7, 11) is 0. The molecule has 7 nitrogen and oxygen atoms in total. The third kappa shape index (κ3) is 4.24. The molecule has 7 heteroatoms. The molecule has 3 aromatic rings. The number of ether oxygens (including phenoxy) is 2. The second-order valence-electron chi connectivity index (χ2n) is 7.79. The van der Waals surface area contributed by atoms with E-state index >= 15 is 0 Å². The number of ketones is 1. The maximum atomic E-state index is 13.2. The zero-order valence-electron chi connectivity index (χ0n) is 19.3. The maximum absolute atomic E-state index is 13.2. The Morgan fingerprint density at radius 2 is 1.65 bits per heavy atom. The van der Waals surface area contributed by atoms with Gasteiger partial charge in [-0.25, -0.2) is 0 Å². The van der Waals surface area contributed by atoms with Gasteiger partial charge in [-0.2, -0.15) is 0 Å². The summed E-state index contributed by atoms with van der Waals surface area (Å²) in [5.74, 6) is -0.345. The number of aliphatic hydroxyl groups is 1. The average molecular weight is 459 g/mol. The largest absolute Gasteiger partial charge is 0.507 e.